The van der Waals surface area contributed by atoms with Crippen molar-refractivity contribution < 1.29 is 22.3 Å². The van der Waals surface area contributed by atoms with E-state index in [2.05, 4.69) is 13.8 Å². The third-order valence-electron chi connectivity index (χ3n) is 17.8. The van der Waals surface area contributed by atoms with Crippen LogP contribution in [0, 0.1) is 46.3 Å². The van der Waals surface area contributed by atoms with E-state index in [9.17, 15) is 0 Å². The Hall–Kier alpha value is -1.36. The molecule has 61 heavy (non-hydrogen) atoms. The standard InChI is InChI=1S/C56H90F4O/c1-3-5-7-9-11-13-17-23-45-25-29-49(30-26-45)53(35-19-15-20-36-53)55(59)39-33-47(41-51(55)57)43-61-44-48-34-40-56(60,52(58)42-48)54(37-21-16-22-38-54)50-31-27-46(28-32-50)24-18-14-12-10-8-6-4-2/h33-34,39-42,45-50H,3-32,35-38,43-44H2,1-2H3/t45-,46-,47-,48-,49-,50-,55-,56-/m1/s1. The van der Waals surface area contributed by atoms with Crippen LogP contribution in [0.5, 0.6) is 0 Å². The molecular weight excluding hydrogens is 765 g/mol. The van der Waals surface area contributed by atoms with Gasteiger partial charge in [0.15, 0.2) is 11.3 Å². The highest BCUT2D eigenvalue weighted by atomic mass is 19.2. The highest BCUT2D eigenvalue weighted by Gasteiger charge is 2.60. The van der Waals surface area contributed by atoms with E-state index in [0.717, 1.165) is 127 Å². The first-order chi connectivity index (χ1) is 29.7. The summed E-state index contributed by atoms with van der Waals surface area (Å²) >= 11 is 0. The second-order valence-corrected chi connectivity index (χ2v) is 21.7. The van der Waals surface area contributed by atoms with Crippen LogP contribution in [0.3, 0.4) is 0 Å². The molecule has 0 aromatic rings. The van der Waals surface area contributed by atoms with Crippen molar-refractivity contribution in [2.24, 2.45) is 46.3 Å². The van der Waals surface area contributed by atoms with Gasteiger partial charge in [0.25, 0.3) is 0 Å². The van der Waals surface area contributed by atoms with Gasteiger partial charge in [-0.3, -0.25) is 0 Å². The fraction of sp³-hybridized carbons (Fsp3) is 0.857. The fourth-order valence-corrected chi connectivity index (χ4v) is 14.0. The maximum Gasteiger partial charge on any atom is 0.185 e. The van der Waals surface area contributed by atoms with Gasteiger partial charge in [0, 0.05) is 22.7 Å². The predicted molar refractivity (Wildman–Crippen MR) is 249 cm³/mol. The topological polar surface area (TPSA) is 9.23 Å². The Bertz CT molecular complexity index is 1280. The predicted octanol–water partition coefficient (Wildman–Crippen LogP) is 18.3. The van der Waals surface area contributed by atoms with E-state index in [0.29, 0.717) is 0 Å². The van der Waals surface area contributed by atoms with Gasteiger partial charge in [-0.05, 0) is 99.3 Å². The summed E-state index contributed by atoms with van der Waals surface area (Å²) in [6.45, 7) is 4.93. The Morgan fingerprint density at radius 1 is 0.475 bits per heavy atom. The van der Waals surface area contributed by atoms with Gasteiger partial charge in [-0.25, -0.2) is 17.6 Å². The number of rotatable bonds is 24. The highest BCUT2D eigenvalue weighted by Crippen LogP contribution is 2.62. The Balaban J connectivity index is 0.979. The molecule has 0 amide bonds. The van der Waals surface area contributed by atoms with E-state index in [4.69, 9.17) is 4.74 Å². The molecule has 4 saturated carbocycles. The van der Waals surface area contributed by atoms with Gasteiger partial charge in [0.05, 0.1) is 13.2 Å². The van der Waals surface area contributed by atoms with Crippen LogP contribution in [-0.2, 0) is 4.74 Å². The molecular formula is C56H90F4O. The van der Waals surface area contributed by atoms with Crippen LogP contribution in [-0.4, -0.2) is 24.6 Å². The molecule has 6 rings (SSSR count). The first-order valence-corrected chi connectivity index (χ1v) is 26.8. The maximum absolute atomic E-state index is 17.4. The maximum atomic E-state index is 17.4. The zero-order valence-electron chi connectivity index (χ0n) is 39.3. The summed E-state index contributed by atoms with van der Waals surface area (Å²) in [5.74, 6) is -0.131. The van der Waals surface area contributed by atoms with Gasteiger partial charge in [0.1, 0.15) is 11.7 Å². The molecule has 1 nitrogen and oxygen atoms in total. The quantitative estimate of drug-likeness (QED) is 0.0534. The second-order valence-electron chi connectivity index (χ2n) is 21.7. The summed E-state index contributed by atoms with van der Waals surface area (Å²) < 4.78 is 73.7. The molecule has 0 heterocycles. The Morgan fingerprint density at radius 3 is 1.16 bits per heavy atom. The average molecular weight is 855 g/mol. The smallest absolute Gasteiger partial charge is 0.185 e. The zero-order valence-corrected chi connectivity index (χ0v) is 39.3. The summed E-state index contributed by atoms with van der Waals surface area (Å²) in [6.07, 6.45) is 48.8. The third kappa shape index (κ3) is 12.1. The zero-order chi connectivity index (χ0) is 43.0. The first-order valence-electron chi connectivity index (χ1n) is 26.8. The van der Waals surface area contributed by atoms with Gasteiger partial charge >= 0.3 is 0 Å². The molecule has 5 heteroatoms. The number of hydrogen-bond donors (Lipinski definition) is 0. The van der Waals surface area contributed by atoms with Crippen molar-refractivity contribution in [3.05, 3.63) is 48.1 Å². The van der Waals surface area contributed by atoms with Crippen LogP contribution in [0.25, 0.3) is 0 Å². The van der Waals surface area contributed by atoms with Crippen LogP contribution in [0.4, 0.5) is 17.6 Å². The molecule has 0 aliphatic heterocycles. The molecule has 0 saturated heterocycles. The summed E-state index contributed by atoms with van der Waals surface area (Å²) in [6, 6.07) is 0. The lowest BCUT2D eigenvalue weighted by Gasteiger charge is -2.53. The molecule has 0 spiro atoms. The van der Waals surface area contributed by atoms with E-state index < -0.39 is 33.8 Å². The molecule has 0 unspecified atom stereocenters. The summed E-state index contributed by atoms with van der Waals surface area (Å²) in [4.78, 5) is 0. The number of alkyl halides is 2. The molecule has 4 fully saturated rings. The molecule has 0 aromatic carbocycles. The Labute approximate surface area is 372 Å². The minimum atomic E-state index is -2.07. The summed E-state index contributed by atoms with van der Waals surface area (Å²) in [7, 11) is 0. The minimum absolute atomic E-state index is 0.198. The van der Waals surface area contributed by atoms with Crippen molar-refractivity contribution in [3.63, 3.8) is 0 Å². The molecule has 0 N–H and O–H groups in total. The lowest BCUT2D eigenvalue weighted by Crippen LogP contribution is -2.52. The molecule has 0 radical (unpaired) electrons. The third-order valence-corrected chi connectivity index (χ3v) is 17.8. The fourth-order valence-electron chi connectivity index (χ4n) is 14.0. The molecule has 6 aliphatic rings. The first kappa shape index (κ1) is 49.1. The largest absolute Gasteiger partial charge is 0.380 e. The molecule has 6 aliphatic carbocycles. The van der Waals surface area contributed by atoms with Crippen molar-refractivity contribution >= 4 is 0 Å². The van der Waals surface area contributed by atoms with Crippen molar-refractivity contribution in [1.82, 2.24) is 0 Å². The van der Waals surface area contributed by atoms with Gasteiger partial charge < -0.3 is 4.74 Å². The van der Waals surface area contributed by atoms with Gasteiger partial charge in [-0.1, -0.05) is 193 Å². The number of hydrogen-bond acceptors (Lipinski definition) is 1. The van der Waals surface area contributed by atoms with Gasteiger partial charge in [-0.2, -0.15) is 0 Å². The van der Waals surface area contributed by atoms with Crippen molar-refractivity contribution in [1.29, 1.82) is 0 Å². The van der Waals surface area contributed by atoms with Crippen molar-refractivity contribution in [2.45, 2.75) is 243 Å². The highest BCUT2D eigenvalue weighted by molar-refractivity contribution is 5.35. The lowest BCUT2D eigenvalue weighted by atomic mass is 9.53. The average Bonchev–Trinajstić information content (AvgIpc) is 3.29. The van der Waals surface area contributed by atoms with Gasteiger partial charge in [-0.15, -0.1) is 0 Å². The Kier molecular flexibility index (Phi) is 19.5. The molecule has 0 bridgehead atoms. The Morgan fingerprint density at radius 2 is 0.820 bits per heavy atom. The number of halogens is 4. The molecule has 4 atom stereocenters. The van der Waals surface area contributed by atoms with Crippen molar-refractivity contribution in [2.75, 3.05) is 13.2 Å². The number of ether oxygens (including phenoxy) is 1. The second kappa shape index (κ2) is 24.2. The molecule has 0 aromatic heterocycles. The van der Waals surface area contributed by atoms with Crippen LogP contribution in [0.15, 0.2) is 48.1 Å². The van der Waals surface area contributed by atoms with E-state index >= 15 is 17.6 Å². The van der Waals surface area contributed by atoms with E-state index in [1.54, 1.807) is 12.2 Å². The van der Waals surface area contributed by atoms with E-state index in [1.165, 1.54) is 115 Å². The molecule has 348 valence electrons. The van der Waals surface area contributed by atoms with E-state index in [-0.39, 0.29) is 36.9 Å². The van der Waals surface area contributed by atoms with E-state index in [1.807, 2.05) is 12.2 Å². The van der Waals surface area contributed by atoms with Crippen LogP contribution < -0.4 is 0 Å². The summed E-state index contributed by atoms with van der Waals surface area (Å²) in [5, 5.41) is 0. The lowest BCUT2D eigenvalue weighted by molar-refractivity contribution is -0.0591. The monoisotopic (exact) mass is 855 g/mol. The van der Waals surface area contributed by atoms with Crippen LogP contribution in [0.2, 0.25) is 0 Å². The number of allylic oxidation sites excluding steroid dienone is 4. The normalized spacial score (nSPS) is 33.9. The van der Waals surface area contributed by atoms with Crippen LogP contribution >= 0.6 is 0 Å². The number of unbranched alkanes of at least 4 members (excludes halogenated alkanes) is 12. The van der Waals surface area contributed by atoms with Gasteiger partial charge in [0.2, 0.25) is 0 Å². The SMILES string of the molecule is CCCCCCCCC[C@H]1CC[C@H](C2([C@@]3(F)C=C[C@@H](COC[C@@H]4C=C[C@](F)(C5([C@H]6CC[C@H](CCCCCCCCC)CC6)CCCCC5)C(F)=C4)C=C3F)CCCCC2)CC1. The summed E-state index contributed by atoms with van der Waals surface area (Å²) in [5.41, 5.74) is -5.47. The van der Waals surface area contributed by atoms with Crippen LogP contribution in [0.1, 0.15) is 232 Å². The van der Waals surface area contributed by atoms with Crippen molar-refractivity contribution in [3.8, 4) is 0 Å². The minimum Gasteiger partial charge on any atom is -0.380 e.